The molecule has 0 radical (unpaired) electrons. The maximum Gasteiger partial charge on any atom is 0.220 e. The minimum atomic E-state index is -0.361. The van der Waals surface area contributed by atoms with Crippen LogP contribution in [-0.2, 0) is 11.3 Å². The van der Waals surface area contributed by atoms with E-state index in [1.54, 1.807) is 13.2 Å². The second-order valence-corrected chi connectivity index (χ2v) is 7.06. The molecule has 0 saturated carbocycles. The molecule has 0 fully saturated rings. The number of ether oxygens (including phenoxy) is 2. The van der Waals surface area contributed by atoms with E-state index in [4.69, 9.17) is 9.47 Å². The average Bonchev–Trinajstić information content (AvgIpc) is 3.26. The smallest absolute Gasteiger partial charge is 0.220 e. The van der Waals surface area contributed by atoms with Crippen molar-refractivity contribution in [3.63, 3.8) is 0 Å². The minimum Gasteiger partial charge on any atom is -0.497 e. The van der Waals surface area contributed by atoms with Gasteiger partial charge in [-0.2, -0.15) is 5.10 Å². The fourth-order valence-corrected chi connectivity index (χ4v) is 3.15. The van der Waals surface area contributed by atoms with E-state index >= 15 is 0 Å². The van der Waals surface area contributed by atoms with Crippen molar-refractivity contribution in [3.05, 3.63) is 66.2 Å². The zero-order valence-corrected chi connectivity index (χ0v) is 17.4. The van der Waals surface area contributed by atoms with Crippen LogP contribution in [0.1, 0.15) is 31.4 Å². The molecule has 1 heterocycles. The monoisotopic (exact) mass is 411 g/mol. The summed E-state index contributed by atoms with van der Waals surface area (Å²) in [6.45, 7) is 2.24. The van der Waals surface area contributed by atoms with Gasteiger partial charge in [-0.3, -0.25) is 9.48 Å². The number of methoxy groups -OCH3 is 2. The topological polar surface area (TPSA) is 65.4 Å². The van der Waals surface area contributed by atoms with Crippen LogP contribution in [0.3, 0.4) is 0 Å². The third kappa shape index (κ3) is 5.37. The van der Waals surface area contributed by atoms with Crippen molar-refractivity contribution >= 4 is 5.91 Å². The molecule has 3 rings (SSSR count). The number of hydrogen-bond donors (Lipinski definition) is 1. The summed E-state index contributed by atoms with van der Waals surface area (Å²) >= 11 is 0. The van der Waals surface area contributed by atoms with E-state index in [2.05, 4.69) is 10.4 Å². The molecule has 0 aliphatic heterocycles. The first-order valence-corrected chi connectivity index (χ1v) is 9.78. The fraction of sp³-hybridized carbons (Fsp3) is 0.304. The molecule has 0 saturated heterocycles. The number of hydrogen-bond acceptors (Lipinski definition) is 4. The largest absolute Gasteiger partial charge is 0.497 e. The predicted molar refractivity (Wildman–Crippen MR) is 113 cm³/mol. The third-order valence-corrected chi connectivity index (χ3v) is 4.98. The van der Waals surface area contributed by atoms with Crippen molar-refractivity contribution in [2.45, 2.75) is 32.4 Å². The van der Waals surface area contributed by atoms with Crippen molar-refractivity contribution in [3.8, 4) is 22.6 Å². The number of carbonyl (C=O) groups is 1. The molecule has 1 unspecified atom stereocenters. The zero-order chi connectivity index (χ0) is 21.5. The summed E-state index contributed by atoms with van der Waals surface area (Å²) in [6, 6.07) is 12.1. The molecule has 0 spiro atoms. The molecule has 0 bridgehead atoms. The summed E-state index contributed by atoms with van der Waals surface area (Å²) in [6.07, 6.45) is 4.77. The van der Waals surface area contributed by atoms with Crippen LogP contribution >= 0.6 is 0 Å². The Balaban J connectivity index is 1.51. The molecule has 0 aliphatic rings. The Labute approximate surface area is 175 Å². The van der Waals surface area contributed by atoms with E-state index in [-0.39, 0.29) is 24.3 Å². The highest BCUT2D eigenvalue weighted by Gasteiger charge is 2.12. The number of nitrogens with one attached hydrogen (secondary N) is 1. The first-order valence-electron chi connectivity index (χ1n) is 9.78. The lowest BCUT2D eigenvalue weighted by Gasteiger charge is -2.13. The first-order chi connectivity index (χ1) is 14.5. The van der Waals surface area contributed by atoms with Crippen LogP contribution < -0.4 is 14.8 Å². The van der Waals surface area contributed by atoms with Crippen LogP contribution in [0.25, 0.3) is 11.1 Å². The van der Waals surface area contributed by atoms with Gasteiger partial charge in [0.15, 0.2) is 0 Å². The first kappa shape index (κ1) is 21.4. The maximum absolute atomic E-state index is 13.4. The Morgan fingerprint density at radius 2 is 1.90 bits per heavy atom. The van der Waals surface area contributed by atoms with Crippen molar-refractivity contribution in [1.82, 2.24) is 15.1 Å². The van der Waals surface area contributed by atoms with Gasteiger partial charge >= 0.3 is 0 Å². The molecular formula is C23H26FN3O3. The fourth-order valence-electron chi connectivity index (χ4n) is 3.15. The highest BCUT2D eigenvalue weighted by molar-refractivity contribution is 5.76. The summed E-state index contributed by atoms with van der Waals surface area (Å²) in [7, 11) is 3.16. The highest BCUT2D eigenvalue weighted by Crippen LogP contribution is 2.24. The normalized spacial score (nSPS) is 11.7. The van der Waals surface area contributed by atoms with Crippen LogP contribution in [0, 0.1) is 5.82 Å². The molecule has 0 aliphatic carbocycles. The Kier molecular flexibility index (Phi) is 7.06. The lowest BCUT2D eigenvalue weighted by atomic mass is 10.1. The van der Waals surface area contributed by atoms with Crippen LogP contribution in [0.2, 0.25) is 0 Å². The van der Waals surface area contributed by atoms with Gasteiger partial charge in [0.05, 0.1) is 20.4 Å². The van der Waals surface area contributed by atoms with Crippen LogP contribution in [0.15, 0.2) is 54.9 Å². The molecule has 1 aromatic heterocycles. The highest BCUT2D eigenvalue weighted by atomic mass is 19.1. The summed E-state index contributed by atoms with van der Waals surface area (Å²) < 4.78 is 25.7. The summed E-state index contributed by atoms with van der Waals surface area (Å²) in [4.78, 5) is 12.2. The van der Waals surface area contributed by atoms with E-state index < -0.39 is 0 Å². The molecule has 1 atom stereocenters. The lowest BCUT2D eigenvalue weighted by Crippen LogP contribution is -2.23. The number of rotatable bonds is 9. The second kappa shape index (κ2) is 9.91. The van der Waals surface area contributed by atoms with Crippen molar-refractivity contribution < 1.29 is 18.7 Å². The molecule has 30 heavy (non-hydrogen) atoms. The van der Waals surface area contributed by atoms with Gasteiger partial charge in [0, 0.05) is 36.3 Å². The summed E-state index contributed by atoms with van der Waals surface area (Å²) in [5.41, 5.74) is 2.67. The van der Waals surface area contributed by atoms with Gasteiger partial charge in [0.2, 0.25) is 5.91 Å². The number of carbonyl (C=O) groups excluding carboxylic acids is 1. The molecule has 3 aromatic rings. The average molecular weight is 411 g/mol. The van der Waals surface area contributed by atoms with Crippen LogP contribution in [0.4, 0.5) is 4.39 Å². The molecule has 158 valence electrons. The predicted octanol–water partition coefficient (Wildman–Crippen LogP) is 4.36. The minimum absolute atomic E-state index is 0.0615. The zero-order valence-electron chi connectivity index (χ0n) is 17.4. The van der Waals surface area contributed by atoms with Crippen LogP contribution in [0.5, 0.6) is 11.5 Å². The Morgan fingerprint density at radius 3 is 2.60 bits per heavy atom. The maximum atomic E-state index is 13.4. The van der Waals surface area contributed by atoms with Gasteiger partial charge in [-0.15, -0.1) is 0 Å². The van der Waals surface area contributed by atoms with Gasteiger partial charge in [-0.05, 0) is 49.2 Å². The van der Waals surface area contributed by atoms with Crippen LogP contribution in [-0.4, -0.2) is 29.9 Å². The molecule has 1 N–H and O–H groups in total. The van der Waals surface area contributed by atoms with Gasteiger partial charge < -0.3 is 14.8 Å². The van der Waals surface area contributed by atoms with Crippen molar-refractivity contribution in [2.24, 2.45) is 0 Å². The Hall–Kier alpha value is -3.35. The molecule has 6 nitrogen and oxygen atoms in total. The number of nitrogens with zero attached hydrogens (tertiary/aromatic N) is 2. The van der Waals surface area contributed by atoms with E-state index in [9.17, 15) is 9.18 Å². The quantitative estimate of drug-likeness (QED) is 0.568. The number of benzene rings is 2. The van der Waals surface area contributed by atoms with E-state index in [0.29, 0.717) is 24.2 Å². The van der Waals surface area contributed by atoms with E-state index in [1.807, 2.05) is 48.3 Å². The van der Waals surface area contributed by atoms with Gasteiger partial charge in [0.1, 0.15) is 17.3 Å². The van der Waals surface area contributed by atoms with Crippen molar-refractivity contribution in [2.75, 3.05) is 14.2 Å². The second-order valence-electron chi connectivity index (χ2n) is 7.06. The molecule has 1 amide bonds. The van der Waals surface area contributed by atoms with Gasteiger partial charge in [-0.25, -0.2) is 4.39 Å². The number of amides is 1. The standard InChI is InChI=1S/C23H26FN3O3/c1-16(27-15-19(14-26-27)17-5-8-21(29-2)9-6-17)4-11-23(28)25-13-18-12-20(24)7-10-22(18)30-3/h5-10,12,14-16H,4,11,13H2,1-3H3,(H,25,28). The molecule has 2 aromatic carbocycles. The van der Waals surface area contributed by atoms with Gasteiger partial charge in [-0.1, -0.05) is 12.1 Å². The summed E-state index contributed by atoms with van der Waals surface area (Å²) in [5, 5.41) is 7.26. The SMILES string of the molecule is COc1ccc(-c2cnn(C(C)CCC(=O)NCc3cc(F)ccc3OC)c2)cc1. The lowest BCUT2D eigenvalue weighted by molar-refractivity contribution is -0.121. The number of aromatic nitrogens is 2. The molecular weight excluding hydrogens is 385 g/mol. The Bertz CT molecular complexity index is 986. The van der Waals surface area contributed by atoms with E-state index in [0.717, 1.165) is 16.9 Å². The number of halogens is 1. The van der Waals surface area contributed by atoms with E-state index in [1.165, 1.54) is 19.2 Å². The summed E-state index contributed by atoms with van der Waals surface area (Å²) in [5.74, 6) is 0.893. The third-order valence-electron chi connectivity index (χ3n) is 4.98. The Morgan fingerprint density at radius 1 is 1.13 bits per heavy atom. The van der Waals surface area contributed by atoms with Gasteiger partial charge in [0.25, 0.3) is 0 Å². The molecule has 7 heteroatoms. The van der Waals surface area contributed by atoms with Crippen molar-refractivity contribution in [1.29, 1.82) is 0 Å².